The number of hydrogen-bond donors (Lipinski definition) is 1. The van der Waals surface area contributed by atoms with Crippen molar-refractivity contribution < 1.29 is 9.13 Å². The van der Waals surface area contributed by atoms with Gasteiger partial charge >= 0.3 is 0 Å². The normalized spacial score (nSPS) is 13.1. The summed E-state index contributed by atoms with van der Waals surface area (Å²) in [5, 5.41) is 0. The van der Waals surface area contributed by atoms with Crippen LogP contribution in [-0.4, -0.2) is 38.3 Å². The molecule has 1 aromatic rings. The minimum atomic E-state index is -0.170. The van der Waals surface area contributed by atoms with Gasteiger partial charge in [-0.1, -0.05) is 18.2 Å². The molecule has 0 saturated carbocycles. The molecule has 4 heteroatoms. The van der Waals surface area contributed by atoms with E-state index in [0.717, 1.165) is 0 Å². The molecular formula is C12H19FN2O. The van der Waals surface area contributed by atoms with Crippen LogP contribution < -0.4 is 5.73 Å². The molecule has 1 aromatic carbocycles. The Morgan fingerprint density at radius 2 is 2.12 bits per heavy atom. The van der Waals surface area contributed by atoms with Gasteiger partial charge in [0, 0.05) is 32.3 Å². The van der Waals surface area contributed by atoms with Crippen LogP contribution in [-0.2, 0) is 11.3 Å². The van der Waals surface area contributed by atoms with Gasteiger partial charge in [0.15, 0.2) is 0 Å². The number of halogens is 1. The lowest BCUT2D eigenvalue weighted by atomic mass is 10.2. The van der Waals surface area contributed by atoms with Gasteiger partial charge in [0.05, 0.1) is 6.10 Å². The van der Waals surface area contributed by atoms with Crippen LogP contribution in [0.2, 0.25) is 0 Å². The maximum atomic E-state index is 13.4. The molecule has 0 spiro atoms. The number of rotatable bonds is 6. The van der Waals surface area contributed by atoms with Crippen molar-refractivity contribution in [1.82, 2.24) is 4.90 Å². The molecular weight excluding hydrogens is 207 g/mol. The van der Waals surface area contributed by atoms with E-state index in [2.05, 4.69) is 0 Å². The molecule has 1 rings (SSSR count). The van der Waals surface area contributed by atoms with Crippen LogP contribution in [0.5, 0.6) is 0 Å². The number of benzene rings is 1. The molecule has 1 unspecified atom stereocenters. The fourth-order valence-electron chi connectivity index (χ4n) is 1.57. The quantitative estimate of drug-likeness (QED) is 0.793. The Morgan fingerprint density at radius 1 is 1.44 bits per heavy atom. The van der Waals surface area contributed by atoms with Gasteiger partial charge in [-0.15, -0.1) is 0 Å². The van der Waals surface area contributed by atoms with E-state index in [-0.39, 0.29) is 11.9 Å². The van der Waals surface area contributed by atoms with Crippen molar-refractivity contribution in [3.63, 3.8) is 0 Å². The lowest BCUT2D eigenvalue weighted by molar-refractivity contribution is 0.0758. The first kappa shape index (κ1) is 13.1. The fraction of sp³-hybridized carbons (Fsp3) is 0.500. The van der Waals surface area contributed by atoms with Gasteiger partial charge < -0.3 is 10.5 Å². The Hall–Kier alpha value is -0.970. The second kappa shape index (κ2) is 6.58. The number of ether oxygens (including phenoxy) is 1. The molecule has 1 atom stereocenters. The summed E-state index contributed by atoms with van der Waals surface area (Å²) < 4.78 is 18.5. The highest BCUT2D eigenvalue weighted by atomic mass is 19.1. The maximum Gasteiger partial charge on any atom is 0.127 e. The molecule has 0 saturated heterocycles. The van der Waals surface area contributed by atoms with Crippen LogP contribution in [0, 0.1) is 5.82 Å². The lowest BCUT2D eigenvalue weighted by Gasteiger charge is -2.22. The summed E-state index contributed by atoms with van der Waals surface area (Å²) in [7, 11) is 3.56. The van der Waals surface area contributed by atoms with E-state index in [1.807, 2.05) is 18.0 Å². The van der Waals surface area contributed by atoms with Crippen molar-refractivity contribution in [3.8, 4) is 0 Å². The highest BCUT2D eigenvalue weighted by Gasteiger charge is 2.10. The zero-order valence-corrected chi connectivity index (χ0v) is 9.82. The average Bonchev–Trinajstić information content (AvgIpc) is 2.29. The van der Waals surface area contributed by atoms with Crippen LogP contribution in [0.15, 0.2) is 24.3 Å². The van der Waals surface area contributed by atoms with Crippen molar-refractivity contribution in [1.29, 1.82) is 0 Å². The van der Waals surface area contributed by atoms with Crippen molar-refractivity contribution in [2.75, 3.05) is 27.2 Å². The molecule has 16 heavy (non-hydrogen) atoms. The smallest absolute Gasteiger partial charge is 0.127 e. The van der Waals surface area contributed by atoms with E-state index in [0.29, 0.717) is 25.2 Å². The second-order valence-electron chi connectivity index (χ2n) is 3.88. The van der Waals surface area contributed by atoms with E-state index >= 15 is 0 Å². The summed E-state index contributed by atoms with van der Waals surface area (Å²) in [6, 6.07) is 6.79. The van der Waals surface area contributed by atoms with Gasteiger partial charge in [0.25, 0.3) is 0 Å². The van der Waals surface area contributed by atoms with Gasteiger partial charge in [-0.05, 0) is 13.1 Å². The fourth-order valence-corrected chi connectivity index (χ4v) is 1.57. The largest absolute Gasteiger partial charge is 0.379 e. The first-order valence-electron chi connectivity index (χ1n) is 5.32. The number of nitrogens with zero attached hydrogens (tertiary/aromatic N) is 1. The third-order valence-corrected chi connectivity index (χ3v) is 2.51. The van der Waals surface area contributed by atoms with E-state index < -0.39 is 0 Å². The van der Waals surface area contributed by atoms with Crippen LogP contribution in [0.4, 0.5) is 4.39 Å². The predicted octanol–water partition coefficient (Wildman–Crippen LogP) is 1.23. The van der Waals surface area contributed by atoms with Crippen LogP contribution >= 0.6 is 0 Å². The van der Waals surface area contributed by atoms with Crippen molar-refractivity contribution in [2.45, 2.75) is 12.6 Å². The van der Waals surface area contributed by atoms with Gasteiger partial charge in [-0.2, -0.15) is 0 Å². The third kappa shape index (κ3) is 3.89. The van der Waals surface area contributed by atoms with E-state index in [1.54, 1.807) is 19.2 Å². The van der Waals surface area contributed by atoms with E-state index in [4.69, 9.17) is 10.5 Å². The van der Waals surface area contributed by atoms with Crippen molar-refractivity contribution >= 4 is 0 Å². The zero-order chi connectivity index (χ0) is 12.0. The standard InChI is InChI=1S/C12H19FN2O/c1-15(9-11(7-14)16-2)8-10-5-3-4-6-12(10)13/h3-6,11H,7-9,14H2,1-2H3. The molecule has 0 aromatic heterocycles. The Labute approximate surface area is 96.0 Å². The first-order valence-corrected chi connectivity index (χ1v) is 5.32. The van der Waals surface area contributed by atoms with E-state index in [1.165, 1.54) is 6.07 Å². The van der Waals surface area contributed by atoms with Crippen LogP contribution in [0.25, 0.3) is 0 Å². The first-order chi connectivity index (χ1) is 7.67. The number of methoxy groups -OCH3 is 1. The highest BCUT2D eigenvalue weighted by Crippen LogP contribution is 2.09. The second-order valence-corrected chi connectivity index (χ2v) is 3.88. The number of likely N-dealkylation sites (N-methyl/N-ethyl adjacent to an activating group) is 1. The van der Waals surface area contributed by atoms with Gasteiger partial charge in [-0.3, -0.25) is 4.90 Å². The lowest BCUT2D eigenvalue weighted by Crippen LogP contribution is -2.35. The number of nitrogens with two attached hydrogens (primary N) is 1. The summed E-state index contributed by atoms with van der Waals surface area (Å²) in [4.78, 5) is 2.00. The Kier molecular flexibility index (Phi) is 5.38. The zero-order valence-electron chi connectivity index (χ0n) is 9.82. The number of hydrogen-bond acceptors (Lipinski definition) is 3. The Bertz CT molecular complexity index is 316. The third-order valence-electron chi connectivity index (χ3n) is 2.51. The molecule has 0 aliphatic heterocycles. The average molecular weight is 226 g/mol. The summed E-state index contributed by atoms with van der Waals surface area (Å²) in [6.45, 7) is 1.73. The molecule has 0 aliphatic rings. The Balaban J connectivity index is 2.51. The SMILES string of the molecule is COC(CN)CN(C)Cc1ccccc1F. The molecule has 0 radical (unpaired) electrons. The van der Waals surface area contributed by atoms with Gasteiger partial charge in [-0.25, -0.2) is 4.39 Å². The van der Waals surface area contributed by atoms with Crippen molar-refractivity contribution in [3.05, 3.63) is 35.6 Å². The molecule has 0 bridgehead atoms. The van der Waals surface area contributed by atoms with E-state index in [9.17, 15) is 4.39 Å². The topological polar surface area (TPSA) is 38.5 Å². The van der Waals surface area contributed by atoms with Gasteiger partial charge in [0.1, 0.15) is 5.82 Å². The van der Waals surface area contributed by atoms with Gasteiger partial charge in [0.2, 0.25) is 0 Å². The monoisotopic (exact) mass is 226 g/mol. The summed E-state index contributed by atoms with van der Waals surface area (Å²) >= 11 is 0. The molecule has 0 amide bonds. The summed E-state index contributed by atoms with van der Waals surface area (Å²) in [6.07, 6.45) is -0.00299. The molecule has 0 aliphatic carbocycles. The molecule has 2 N–H and O–H groups in total. The predicted molar refractivity (Wildman–Crippen MR) is 62.6 cm³/mol. The maximum absolute atomic E-state index is 13.4. The highest BCUT2D eigenvalue weighted by molar-refractivity contribution is 5.16. The summed E-state index contributed by atoms with van der Waals surface area (Å²) in [5.41, 5.74) is 6.22. The minimum Gasteiger partial charge on any atom is -0.379 e. The van der Waals surface area contributed by atoms with Crippen LogP contribution in [0.1, 0.15) is 5.56 Å². The minimum absolute atomic E-state index is 0.00299. The molecule has 3 nitrogen and oxygen atoms in total. The molecule has 0 fully saturated rings. The van der Waals surface area contributed by atoms with Crippen molar-refractivity contribution in [2.24, 2.45) is 5.73 Å². The Morgan fingerprint density at radius 3 is 2.69 bits per heavy atom. The van der Waals surface area contributed by atoms with Crippen LogP contribution in [0.3, 0.4) is 0 Å². The summed E-state index contributed by atoms with van der Waals surface area (Å²) in [5.74, 6) is -0.170. The molecule has 0 heterocycles. The molecule has 90 valence electrons.